The molecule has 4 nitrogen and oxygen atoms in total. The van der Waals surface area contributed by atoms with Gasteiger partial charge in [-0.05, 0) is 62.7 Å². The van der Waals surface area contributed by atoms with Gasteiger partial charge in [0.05, 0.1) is 7.11 Å². The SMILES string of the molecule is C/C=C/C(=O)Nc1cccc(OC)c1.Cc1oc2ccc(Cl)cc2c1C. The molecule has 0 fully saturated rings. The molecule has 26 heavy (non-hydrogen) atoms. The predicted molar refractivity (Wildman–Crippen MR) is 107 cm³/mol. The number of fused-ring (bicyclic) bond motifs is 1. The van der Waals surface area contributed by atoms with E-state index in [1.165, 1.54) is 11.6 Å². The molecular formula is C21H22ClNO3. The van der Waals surface area contributed by atoms with Crippen LogP contribution in [0.25, 0.3) is 11.0 Å². The van der Waals surface area contributed by atoms with Crippen molar-refractivity contribution < 1.29 is 13.9 Å². The minimum absolute atomic E-state index is 0.138. The first kappa shape index (κ1) is 19.6. The molecule has 0 bridgehead atoms. The molecule has 0 aliphatic rings. The molecule has 2 aromatic carbocycles. The van der Waals surface area contributed by atoms with E-state index in [-0.39, 0.29) is 5.91 Å². The van der Waals surface area contributed by atoms with Crippen LogP contribution in [0.1, 0.15) is 18.2 Å². The zero-order valence-corrected chi connectivity index (χ0v) is 16.1. The summed E-state index contributed by atoms with van der Waals surface area (Å²) in [4.78, 5) is 11.2. The van der Waals surface area contributed by atoms with Crippen LogP contribution in [0, 0.1) is 13.8 Å². The number of allylic oxidation sites excluding steroid dienone is 1. The van der Waals surface area contributed by atoms with Gasteiger partial charge in [-0.15, -0.1) is 0 Å². The predicted octanol–water partition coefficient (Wildman–Crippen LogP) is 5.91. The second-order valence-corrected chi connectivity index (χ2v) is 6.08. The molecular weight excluding hydrogens is 350 g/mol. The van der Waals surface area contributed by atoms with Crippen LogP contribution >= 0.6 is 11.6 Å². The van der Waals surface area contributed by atoms with E-state index in [2.05, 4.69) is 5.32 Å². The molecule has 3 aromatic rings. The standard InChI is InChI=1S/C11H13NO2.C10H9ClO/c1-3-5-11(13)12-9-6-4-7-10(8-9)14-2;1-6-7(2)12-10-4-3-8(11)5-9(6)10/h3-8H,1-2H3,(H,12,13);3-5H,1-2H3/b5-3+;. The van der Waals surface area contributed by atoms with Gasteiger partial charge in [0.15, 0.2) is 0 Å². The number of rotatable bonds is 3. The summed E-state index contributed by atoms with van der Waals surface area (Å²) in [6.45, 7) is 5.80. The second kappa shape index (κ2) is 9.11. The van der Waals surface area contributed by atoms with Crippen LogP contribution in [0.2, 0.25) is 5.02 Å². The summed E-state index contributed by atoms with van der Waals surface area (Å²) in [5.41, 5.74) is 2.81. The van der Waals surface area contributed by atoms with Crippen molar-refractivity contribution in [3.63, 3.8) is 0 Å². The first-order valence-electron chi connectivity index (χ1n) is 8.17. The Hall–Kier alpha value is -2.72. The third-order valence-electron chi connectivity index (χ3n) is 3.79. The zero-order valence-electron chi connectivity index (χ0n) is 15.3. The number of hydrogen-bond donors (Lipinski definition) is 1. The average Bonchev–Trinajstić information content (AvgIpc) is 2.90. The van der Waals surface area contributed by atoms with Crippen molar-refractivity contribution in [3.05, 3.63) is 71.0 Å². The van der Waals surface area contributed by atoms with Gasteiger partial charge in [0.2, 0.25) is 5.91 Å². The zero-order chi connectivity index (χ0) is 19.1. The lowest BCUT2D eigenvalue weighted by Gasteiger charge is -2.04. The summed E-state index contributed by atoms with van der Waals surface area (Å²) in [7, 11) is 1.59. The number of ether oxygens (including phenoxy) is 1. The Morgan fingerprint density at radius 3 is 2.65 bits per heavy atom. The summed E-state index contributed by atoms with van der Waals surface area (Å²) in [6, 6.07) is 12.9. The number of amides is 1. The van der Waals surface area contributed by atoms with Crippen LogP contribution in [-0.4, -0.2) is 13.0 Å². The van der Waals surface area contributed by atoms with E-state index in [4.69, 9.17) is 20.8 Å². The van der Waals surface area contributed by atoms with Crippen molar-refractivity contribution in [1.29, 1.82) is 0 Å². The van der Waals surface area contributed by atoms with E-state index < -0.39 is 0 Å². The average molecular weight is 372 g/mol. The molecule has 3 rings (SSSR count). The first-order valence-corrected chi connectivity index (χ1v) is 8.55. The van der Waals surface area contributed by atoms with E-state index in [0.29, 0.717) is 0 Å². The molecule has 0 aliphatic heterocycles. The van der Waals surface area contributed by atoms with Crippen molar-refractivity contribution in [2.45, 2.75) is 20.8 Å². The lowest BCUT2D eigenvalue weighted by atomic mass is 10.2. The van der Waals surface area contributed by atoms with E-state index in [0.717, 1.165) is 33.2 Å². The molecule has 0 spiro atoms. The van der Waals surface area contributed by atoms with Gasteiger partial charge in [-0.1, -0.05) is 23.7 Å². The lowest BCUT2D eigenvalue weighted by molar-refractivity contribution is -0.111. The monoisotopic (exact) mass is 371 g/mol. The van der Waals surface area contributed by atoms with Crippen molar-refractivity contribution in [2.24, 2.45) is 0 Å². The van der Waals surface area contributed by atoms with Crippen LogP contribution in [0.15, 0.2) is 59.0 Å². The first-order chi connectivity index (χ1) is 12.4. The fraction of sp³-hybridized carbons (Fsp3) is 0.190. The van der Waals surface area contributed by atoms with Gasteiger partial charge in [-0.3, -0.25) is 4.79 Å². The highest BCUT2D eigenvalue weighted by atomic mass is 35.5. The number of methoxy groups -OCH3 is 1. The Labute approximate surface area is 158 Å². The number of anilines is 1. The molecule has 0 unspecified atom stereocenters. The Bertz CT molecular complexity index is 928. The van der Waals surface area contributed by atoms with Crippen LogP contribution in [0.4, 0.5) is 5.69 Å². The highest BCUT2D eigenvalue weighted by Crippen LogP contribution is 2.26. The third-order valence-corrected chi connectivity index (χ3v) is 4.03. The molecule has 1 amide bonds. The van der Waals surface area contributed by atoms with Crippen molar-refractivity contribution >= 4 is 34.2 Å². The topological polar surface area (TPSA) is 51.5 Å². The van der Waals surface area contributed by atoms with Gasteiger partial charge < -0.3 is 14.5 Å². The molecule has 0 saturated heterocycles. The van der Waals surface area contributed by atoms with Gasteiger partial charge in [-0.2, -0.15) is 0 Å². The minimum Gasteiger partial charge on any atom is -0.497 e. The maximum Gasteiger partial charge on any atom is 0.248 e. The number of carbonyl (C=O) groups excluding carboxylic acids is 1. The number of furan rings is 1. The molecule has 1 heterocycles. The van der Waals surface area contributed by atoms with E-state index >= 15 is 0 Å². The fourth-order valence-electron chi connectivity index (χ4n) is 2.35. The Morgan fingerprint density at radius 2 is 1.96 bits per heavy atom. The maximum absolute atomic E-state index is 11.2. The van der Waals surface area contributed by atoms with E-state index in [9.17, 15) is 4.79 Å². The molecule has 0 radical (unpaired) electrons. The molecule has 0 aliphatic carbocycles. The van der Waals surface area contributed by atoms with Crippen molar-refractivity contribution in [2.75, 3.05) is 12.4 Å². The Balaban J connectivity index is 0.000000189. The molecule has 1 aromatic heterocycles. The molecule has 136 valence electrons. The fourth-order valence-corrected chi connectivity index (χ4v) is 2.52. The molecule has 0 saturated carbocycles. The number of nitrogens with one attached hydrogen (secondary N) is 1. The largest absolute Gasteiger partial charge is 0.497 e. The summed E-state index contributed by atoms with van der Waals surface area (Å²) >= 11 is 5.86. The van der Waals surface area contributed by atoms with Crippen molar-refractivity contribution in [3.8, 4) is 5.75 Å². The van der Waals surface area contributed by atoms with Gasteiger partial charge in [0.25, 0.3) is 0 Å². The van der Waals surface area contributed by atoms with Crippen LogP contribution in [-0.2, 0) is 4.79 Å². The summed E-state index contributed by atoms with van der Waals surface area (Å²) in [6.07, 6.45) is 3.16. The normalized spacial score (nSPS) is 10.5. The number of carbonyl (C=O) groups is 1. The van der Waals surface area contributed by atoms with Crippen LogP contribution in [0.3, 0.4) is 0 Å². The molecule has 1 N–H and O–H groups in total. The van der Waals surface area contributed by atoms with Crippen molar-refractivity contribution in [1.82, 2.24) is 0 Å². The van der Waals surface area contributed by atoms with Crippen LogP contribution < -0.4 is 10.1 Å². The second-order valence-electron chi connectivity index (χ2n) is 5.64. The molecule has 0 atom stereocenters. The van der Waals surface area contributed by atoms with Gasteiger partial charge in [0.1, 0.15) is 17.1 Å². The van der Waals surface area contributed by atoms with Gasteiger partial charge in [-0.25, -0.2) is 0 Å². The Kier molecular flexibility index (Phi) is 6.87. The minimum atomic E-state index is -0.138. The number of benzene rings is 2. The highest BCUT2D eigenvalue weighted by Gasteiger charge is 2.05. The quantitative estimate of drug-likeness (QED) is 0.582. The third kappa shape index (κ3) is 5.14. The van der Waals surface area contributed by atoms with E-state index in [1.807, 2.05) is 50.2 Å². The summed E-state index contributed by atoms with van der Waals surface area (Å²) < 4.78 is 10.5. The number of hydrogen-bond acceptors (Lipinski definition) is 3. The lowest BCUT2D eigenvalue weighted by Crippen LogP contribution is -2.07. The highest BCUT2D eigenvalue weighted by molar-refractivity contribution is 6.31. The van der Waals surface area contributed by atoms with Gasteiger partial charge in [0, 0.05) is 22.2 Å². The summed E-state index contributed by atoms with van der Waals surface area (Å²) in [5, 5.41) is 4.58. The maximum atomic E-state index is 11.2. The number of halogens is 1. The van der Waals surface area contributed by atoms with Gasteiger partial charge >= 0.3 is 0 Å². The number of aryl methyl sites for hydroxylation is 2. The van der Waals surface area contributed by atoms with Crippen LogP contribution in [0.5, 0.6) is 5.75 Å². The summed E-state index contributed by atoms with van der Waals surface area (Å²) in [5.74, 6) is 1.55. The molecule has 5 heteroatoms. The van der Waals surface area contributed by atoms with E-state index in [1.54, 1.807) is 26.2 Å². The Morgan fingerprint density at radius 1 is 1.19 bits per heavy atom. The smallest absolute Gasteiger partial charge is 0.248 e.